The maximum Gasteiger partial charge on any atom is 0.327 e. The normalized spacial score (nSPS) is 28.0. The van der Waals surface area contributed by atoms with Gasteiger partial charge in [0.15, 0.2) is 5.76 Å². The Hall–Kier alpha value is -2.55. The number of aliphatic carboxylic acids is 1. The number of anilines is 1. The van der Waals surface area contributed by atoms with E-state index < -0.39 is 22.3 Å². The Labute approximate surface area is 165 Å². The van der Waals surface area contributed by atoms with Crippen LogP contribution in [0.4, 0.5) is 10.1 Å². The van der Waals surface area contributed by atoms with Crippen molar-refractivity contribution in [2.45, 2.75) is 49.4 Å². The first-order valence-corrected chi connectivity index (χ1v) is 9.68. The number of carbonyl (C=O) groups is 2. The molecule has 7 nitrogen and oxygen atoms in total. The number of nitrogens with one attached hydrogen (secondary N) is 1. The lowest BCUT2D eigenvalue weighted by atomic mass is 9.85. The molecular weight excluding hydrogens is 385 g/mol. The van der Waals surface area contributed by atoms with Gasteiger partial charge in [-0.25, -0.2) is 9.18 Å². The van der Waals surface area contributed by atoms with Gasteiger partial charge in [0.1, 0.15) is 34.2 Å². The second kappa shape index (κ2) is 5.97. The molecule has 1 aromatic carbocycles. The van der Waals surface area contributed by atoms with Crippen LogP contribution in [0.5, 0.6) is 0 Å². The number of aromatic nitrogens is 1. The predicted molar refractivity (Wildman–Crippen MR) is 102 cm³/mol. The number of halogens is 1. The first-order chi connectivity index (χ1) is 13.1. The molecule has 2 N–H and O–H groups in total. The summed E-state index contributed by atoms with van der Waals surface area (Å²) in [4.78, 5) is 26.1. The van der Waals surface area contributed by atoms with E-state index in [1.807, 2.05) is 13.8 Å². The Balaban J connectivity index is 1.68. The van der Waals surface area contributed by atoms with Crippen LogP contribution in [0.1, 0.15) is 26.5 Å². The molecule has 2 aliphatic heterocycles. The molecular formula is C19H20FN3O4S. The molecule has 0 aliphatic carbocycles. The van der Waals surface area contributed by atoms with Crippen molar-refractivity contribution in [3.63, 3.8) is 0 Å². The molecule has 2 fully saturated rings. The van der Waals surface area contributed by atoms with Crippen molar-refractivity contribution >= 4 is 29.3 Å². The van der Waals surface area contributed by atoms with Gasteiger partial charge in [0, 0.05) is 10.3 Å². The van der Waals surface area contributed by atoms with Crippen LogP contribution in [0.3, 0.4) is 0 Å². The van der Waals surface area contributed by atoms with E-state index in [0.717, 1.165) is 0 Å². The van der Waals surface area contributed by atoms with Crippen LogP contribution in [0.25, 0.3) is 11.3 Å². The van der Waals surface area contributed by atoms with Crippen molar-refractivity contribution in [2.75, 3.05) is 5.32 Å². The SMILES string of the molecule is Cc1noc(-c2ccc(F)cc2)c1N[C@@]1(C)C(=O)N2[C@@H](C(=O)O)C(C)(C)S[C@@H]21. The average molecular weight is 405 g/mol. The van der Waals surface area contributed by atoms with Crippen LogP contribution in [0.15, 0.2) is 28.8 Å². The van der Waals surface area contributed by atoms with Gasteiger partial charge >= 0.3 is 5.97 Å². The number of β-lactam (4-membered cyclic amide) rings is 1. The van der Waals surface area contributed by atoms with Gasteiger partial charge in [0.25, 0.3) is 5.91 Å². The lowest BCUT2D eigenvalue weighted by molar-refractivity contribution is -0.163. The zero-order chi connectivity index (χ0) is 20.4. The Morgan fingerprint density at radius 2 is 1.96 bits per heavy atom. The lowest BCUT2D eigenvalue weighted by Crippen LogP contribution is -2.75. The molecule has 0 saturated carbocycles. The maximum absolute atomic E-state index is 13.3. The minimum Gasteiger partial charge on any atom is -0.480 e. The van der Waals surface area contributed by atoms with E-state index in [1.165, 1.54) is 28.8 Å². The highest BCUT2D eigenvalue weighted by Gasteiger charge is 2.69. The average Bonchev–Trinajstić information content (AvgIpc) is 3.11. The molecule has 3 atom stereocenters. The number of benzene rings is 1. The number of rotatable bonds is 4. The standard InChI is InChI=1S/C19H20FN3O4S/c1-9-12(13(27-22-9)10-5-7-11(20)8-6-10)21-19(4)16(26)23-14(15(24)25)18(2,3)28-17(19)23/h5-8,14,17,21H,1-4H3,(H,24,25)/t14-,17+,19-/m0/s1. The van der Waals surface area contributed by atoms with Crippen molar-refractivity contribution in [3.05, 3.63) is 35.8 Å². The molecule has 4 rings (SSSR count). The van der Waals surface area contributed by atoms with E-state index in [0.29, 0.717) is 22.7 Å². The van der Waals surface area contributed by atoms with Gasteiger partial charge in [-0.2, -0.15) is 0 Å². The monoisotopic (exact) mass is 405 g/mol. The lowest BCUT2D eigenvalue weighted by Gasteiger charge is -2.51. The third-order valence-electron chi connectivity index (χ3n) is 5.37. The number of aryl methyl sites for hydroxylation is 1. The molecule has 2 aromatic rings. The maximum atomic E-state index is 13.3. The first-order valence-electron chi connectivity index (χ1n) is 8.80. The quantitative estimate of drug-likeness (QED) is 0.755. The summed E-state index contributed by atoms with van der Waals surface area (Å²) in [7, 11) is 0. The largest absolute Gasteiger partial charge is 0.480 e. The minimum atomic E-state index is -1.01. The number of carbonyl (C=O) groups excluding carboxylic acids is 1. The summed E-state index contributed by atoms with van der Waals surface area (Å²) in [5, 5.41) is 16.5. The molecule has 1 aromatic heterocycles. The van der Waals surface area contributed by atoms with Gasteiger partial charge in [-0.1, -0.05) is 5.16 Å². The highest BCUT2D eigenvalue weighted by molar-refractivity contribution is 8.01. The molecule has 0 bridgehead atoms. The predicted octanol–water partition coefficient (Wildman–Crippen LogP) is 3.11. The van der Waals surface area contributed by atoms with Crippen molar-refractivity contribution in [1.82, 2.24) is 10.1 Å². The summed E-state index contributed by atoms with van der Waals surface area (Å²) in [5.41, 5.74) is 0.722. The summed E-state index contributed by atoms with van der Waals surface area (Å²) >= 11 is 1.46. The summed E-state index contributed by atoms with van der Waals surface area (Å²) in [5.74, 6) is -1.25. The fourth-order valence-electron chi connectivity index (χ4n) is 3.91. The summed E-state index contributed by atoms with van der Waals surface area (Å²) in [6.07, 6.45) is 0. The number of hydrogen-bond donors (Lipinski definition) is 2. The van der Waals surface area contributed by atoms with E-state index in [9.17, 15) is 19.1 Å². The topological polar surface area (TPSA) is 95.7 Å². The van der Waals surface area contributed by atoms with Crippen molar-refractivity contribution in [2.24, 2.45) is 0 Å². The Kier molecular flexibility index (Phi) is 4.01. The number of carboxylic acid groups (broad SMARTS) is 1. The number of hydrogen-bond acceptors (Lipinski definition) is 6. The van der Waals surface area contributed by atoms with Crippen LogP contribution >= 0.6 is 11.8 Å². The molecule has 28 heavy (non-hydrogen) atoms. The number of thioether (sulfide) groups is 1. The van der Waals surface area contributed by atoms with Crippen LogP contribution in [-0.2, 0) is 9.59 Å². The zero-order valence-corrected chi connectivity index (χ0v) is 16.6. The highest BCUT2D eigenvalue weighted by atomic mass is 32.2. The van der Waals surface area contributed by atoms with Crippen LogP contribution in [0, 0.1) is 12.7 Å². The smallest absolute Gasteiger partial charge is 0.327 e. The number of carboxylic acids is 1. The molecule has 3 heterocycles. The number of amides is 1. The van der Waals surface area contributed by atoms with Crippen molar-refractivity contribution < 1.29 is 23.6 Å². The molecule has 0 spiro atoms. The molecule has 2 aliphatic rings. The van der Waals surface area contributed by atoms with Gasteiger partial charge in [-0.15, -0.1) is 11.8 Å². The zero-order valence-electron chi connectivity index (χ0n) is 15.8. The number of fused-ring (bicyclic) bond motifs is 1. The van der Waals surface area contributed by atoms with E-state index in [2.05, 4.69) is 10.5 Å². The van der Waals surface area contributed by atoms with E-state index in [1.54, 1.807) is 26.0 Å². The fourth-order valence-corrected chi connectivity index (χ4v) is 5.56. The molecule has 9 heteroatoms. The van der Waals surface area contributed by atoms with Crippen LogP contribution in [0.2, 0.25) is 0 Å². The fraction of sp³-hybridized carbons (Fsp3) is 0.421. The Morgan fingerprint density at radius 1 is 1.32 bits per heavy atom. The van der Waals surface area contributed by atoms with Gasteiger partial charge in [-0.3, -0.25) is 4.79 Å². The molecule has 1 amide bonds. The van der Waals surface area contributed by atoms with Crippen molar-refractivity contribution in [1.29, 1.82) is 0 Å². The van der Waals surface area contributed by atoms with Gasteiger partial charge in [0.05, 0.1) is 0 Å². The van der Waals surface area contributed by atoms with E-state index in [4.69, 9.17) is 4.52 Å². The van der Waals surface area contributed by atoms with Gasteiger partial charge < -0.3 is 19.8 Å². The summed E-state index contributed by atoms with van der Waals surface area (Å²) < 4.78 is 18.1. The van der Waals surface area contributed by atoms with Crippen LogP contribution < -0.4 is 5.32 Å². The Bertz CT molecular complexity index is 974. The van der Waals surface area contributed by atoms with Crippen LogP contribution in [-0.4, -0.2) is 48.7 Å². The van der Waals surface area contributed by atoms with Gasteiger partial charge in [-0.05, 0) is 52.0 Å². The molecule has 148 valence electrons. The van der Waals surface area contributed by atoms with E-state index in [-0.39, 0.29) is 17.1 Å². The third kappa shape index (κ3) is 2.52. The number of nitrogens with zero attached hydrogens (tertiary/aromatic N) is 2. The van der Waals surface area contributed by atoms with Gasteiger partial charge in [0.2, 0.25) is 0 Å². The minimum absolute atomic E-state index is 0.284. The first kappa shape index (κ1) is 18.8. The summed E-state index contributed by atoms with van der Waals surface area (Å²) in [6.45, 7) is 7.16. The third-order valence-corrected chi connectivity index (χ3v) is 7.12. The second-order valence-electron chi connectivity index (χ2n) is 7.83. The molecule has 0 radical (unpaired) electrons. The van der Waals surface area contributed by atoms with E-state index >= 15 is 0 Å². The Morgan fingerprint density at radius 3 is 2.57 bits per heavy atom. The molecule has 0 unspecified atom stereocenters. The molecule has 2 saturated heterocycles. The van der Waals surface area contributed by atoms with Crippen molar-refractivity contribution in [3.8, 4) is 11.3 Å². The second-order valence-corrected chi connectivity index (χ2v) is 9.57. The highest BCUT2D eigenvalue weighted by Crippen LogP contribution is 2.56. The summed E-state index contributed by atoms with van der Waals surface area (Å²) in [6, 6.07) is 4.91.